The first-order chi connectivity index (χ1) is 7.03. The standard InChI is InChI=1S/C6H10N4O4S2/c1-3-4(15(8,11)12)2-5(6(7)10-3)16(9,13)14/h2H,1H3,(H2,7,10)(H2,8,11,12)(H2,9,13,14). The zero-order chi connectivity index (χ0) is 12.7. The van der Waals surface area contributed by atoms with E-state index >= 15 is 0 Å². The minimum atomic E-state index is -4.14. The highest BCUT2D eigenvalue weighted by atomic mass is 32.2. The Kier molecular flexibility index (Phi) is 2.94. The molecule has 0 spiro atoms. The average Bonchev–Trinajstić information content (AvgIpc) is 1.97. The van der Waals surface area contributed by atoms with Crippen LogP contribution in [0.5, 0.6) is 0 Å². The second kappa shape index (κ2) is 3.66. The van der Waals surface area contributed by atoms with Crippen molar-refractivity contribution in [3.05, 3.63) is 11.8 Å². The van der Waals surface area contributed by atoms with Gasteiger partial charge in [0.1, 0.15) is 15.6 Å². The number of hydrogen-bond acceptors (Lipinski definition) is 6. The van der Waals surface area contributed by atoms with E-state index in [9.17, 15) is 16.8 Å². The van der Waals surface area contributed by atoms with Gasteiger partial charge in [0.05, 0.1) is 5.69 Å². The zero-order valence-electron chi connectivity index (χ0n) is 8.21. The second-order valence-electron chi connectivity index (χ2n) is 3.05. The maximum atomic E-state index is 11.1. The van der Waals surface area contributed by atoms with Crippen LogP contribution in [-0.2, 0) is 20.0 Å². The van der Waals surface area contributed by atoms with Crippen molar-refractivity contribution in [1.82, 2.24) is 4.98 Å². The highest BCUT2D eigenvalue weighted by molar-refractivity contribution is 7.90. The molecule has 90 valence electrons. The second-order valence-corrected chi connectivity index (χ2v) is 6.11. The molecule has 0 saturated carbocycles. The fourth-order valence-electron chi connectivity index (χ4n) is 1.10. The minimum Gasteiger partial charge on any atom is -0.383 e. The van der Waals surface area contributed by atoms with Crippen LogP contribution in [0.4, 0.5) is 5.82 Å². The quantitative estimate of drug-likeness (QED) is 0.576. The smallest absolute Gasteiger partial charge is 0.241 e. The Bertz CT molecular complexity index is 581. The molecule has 8 nitrogen and oxygen atoms in total. The summed E-state index contributed by atoms with van der Waals surface area (Å²) in [5, 5.41) is 9.71. The number of nitrogens with zero attached hydrogens (tertiary/aromatic N) is 1. The molecule has 0 fully saturated rings. The Hall–Kier alpha value is -1.23. The van der Waals surface area contributed by atoms with Crippen molar-refractivity contribution in [2.45, 2.75) is 16.7 Å². The molecular weight excluding hydrogens is 256 g/mol. The largest absolute Gasteiger partial charge is 0.383 e. The van der Waals surface area contributed by atoms with E-state index in [1.807, 2.05) is 0 Å². The highest BCUT2D eigenvalue weighted by Gasteiger charge is 2.21. The summed E-state index contributed by atoms with van der Waals surface area (Å²) in [6, 6.07) is 0.794. The fraction of sp³-hybridized carbons (Fsp3) is 0.167. The van der Waals surface area contributed by atoms with E-state index in [0.717, 1.165) is 6.07 Å². The van der Waals surface area contributed by atoms with Crippen molar-refractivity contribution in [2.75, 3.05) is 5.73 Å². The number of aryl methyl sites for hydroxylation is 1. The van der Waals surface area contributed by atoms with Crippen molar-refractivity contribution in [3.63, 3.8) is 0 Å². The van der Waals surface area contributed by atoms with Crippen LogP contribution in [-0.4, -0.2) is 21.8 Å². The van der Waals surface area contributed by atoms with Gasteiger partial charge >= 0.3 is 0 Å². The topological polar surface area (TPSA) is 159 Å². The number of aromatic nitrogens is 1. The maximum absolute atomic E-state index is 11.1. The van der Waals surface area contributed by atoms with Gasteiger partial charge in [0, 0.05) is 0 Å². The van der Waals surface area contributed by atoms with Crippen molar-refractivity contribution in [2.24, 2.45) is 10.3 Å². The number of nitrogen functional groups attached to an aromatic ring is 1. The van der Waals surface area contributed by atoms with Crippen molar-refractivity contribution in [3.8, 4) is 0 Å². The lowest BCUT2D eigenvalue weighted by Gasteiger charge is -2.07. The van der Waals surface area contributed by atoms with Gasteiger partial charge in [0.15, 0.2) is 0 Å². The van der Waals surface area contributed by atoms with E-state index in [0.29, 0.717) is 0 Å². The van der Waals surface area contributed by atoms with Crippen LogP contribution >= 0.6 is 0 Å². The van der Waals surface area contributed by atoms with Gasteiger partial charge < -0.3 is 5.73 Å². The van der Waals surface area contributed by atoms with Gasteiger partial charge in [-0.2, -0.15) is 0 Å². The monoisotopic (exact) mass is 266 g/mol. The molecule has 0 unspecified atom stereocenters. The molecule has 1 aromatic heterocycles. The van der Waals surface area contributed by atoms with Gasteiger partial charge in [-0.3, -0.25) is 0 Å². The SMILES string of the molecule is Cc1nc(N)c(S(N)(=O)=O)cc1S(N)(=O)=O. The summed E-state index contributed by atoms with van der Waals surface area (Å²) in [4.78, 5) is 2.57. The Morgan fingerprint density at radius 1 is 1.06 bits per heavy atom. The van der Waals surface area contributed by atoms with Crippen LogP contribution in [0.3, 0.4) is 0 Å². The van der Waals surface area contributed by atoms with E-state index in [1.165, 1.54) is 6.92 Å². The predicted octanol–water partition coefficient (Wildman–Crippen LogP) is -1.73. The van der Waals surface area contributed by atoms with E-state index < -0.39 is 29.8 Å². The number of sulfonamides is 2. The number of anilines is 1. The number of rotatable bonds is 2. The Labute approximate surface area is 92.6 Å². The third-order valence-electron chi connectivity index (χ3n) is 1.77. The molecule has 1 aromatic rings. The molecule has 0 radical (unpaired) electrons. The Balaban J connectivity index is 3.72. The third-order valence-corrected chi connectivity index (χ3v) is 3.74. The summed E-state index contributed by atoms with van der Waals surface area (Å²) >= 11 is 0. The molecule has 0 aliphatic carbocycles. The van der Waals surface area contributed by atoms with Gasteiger partial charge in [0.2, 0.25) is 20.0 Å². The number of primary sulfonamides is 2. The van der Waals surface area contributed by atoms with Gasteiger partial charge in [-0.1, -0.05) is 0 Å². The summed E-state index contributed by atoms with van der Waals surface area (Å²) in [6.07, 6.45) is 0. The first-order valence-electron chi connectivity index (χ1n) is 3.86. The highest BCUT2D eigenvalue weighted by Crippen LogP contribution is 2.21. The zero-order valence-corrected chi connectivity index (χ0v) is 9.84. The van der Waals surface area contributed by atoms with Crippen LogP contribution < -0.4 is 16.0 Å². The van der Waals surface area contributed by atoms with E-state index in [-0.39, 0.29) is 11.5 Å². The Morgan fingerprint density at radius 2 is 1.50 bits per heavy atom. The van der Waals surface area contributed by atoms with E-state index in [2.05, 4.69) is 4.98 Å². The molecule has 1 heterocycles. The van der Waals surface area contributed by atoms with Crippen LogP contribution in [0.15, 0.2) is 15.9 Å². The van der Waals surface area contributed by atoms with Gasteiger partial charge in [-0.15, -0.1) is 0 Å². The molecule has 10 heteroatoms. The first-order valence-corrected chi connectivity index (χ1v) is 6.95. The lowest BCUT2D eigenvalue weighted by Crippen LogP contribution is -2.20. The maximum Gasteiger partial charge on any atom is 0.241 e. The van der Waals surface area contributed by atoms with Crippen molar-refractivity contribution in [1.29, 1.82) is 0 Å². The van der Waals surface area contributed by atoms with Crippen LogP contribution in [0.1, 0.15) is 5.69 Å². The third kappa shape index (κ3) is 2.47. The van der Waals surface area contributed by atoms with E-state index in [1.54, 1.807) is 0 Å². The molecule has 1 rings (SSSR count). The summed E-state index contributed by atoms with van der Waals surface area (Å²) in [5.74, 6) is -0.368. The van der Waals surface area contributed by atoms with Gasteiger partial charge in [-0.05, 0) is 13.0 Å². The average molecular weight is 266 g/mol. The van der Waals surface area contributed by atoms with Gasteiger partial charge in [0.25, 0.3) is 0 Å². The first kappa shape index (κ1) is 12.8. The van der Waals surface area contributed by atoms with Crippen LogP contribution in [0.2, 0.25) is 0 Å². The summed E-state index contributed by atoms with van der Waals surface area (Å²) in [6.45, 7) is 1.34. The van der Waals surface area contributed by atoms with Crippen molar-refractivity contribution < 1.29 is 16.8 Å². The normalized spacial score (nSPS) is 12.7. The van der Waals surface area contributed by atoms with Crippen LogP contribution in [0.25, 0.3) is 0 Å². The molecule has 0 atom stereocenters. The molecule has 0 amide bonds. The molecule has 0 aliphatic heterocycles. The molecule has 0 bridgehead atoms. The molecule has 16 heavy (non-hydrogen) atoms. The number of pyridine rings is 1. The molecule has 0 saturated heterocycles. The lowest BCUT2D eigenvalue weighted by molar-refractivity contribution is 0.594. The number of nitrogens with two attached hydrogens (primary N) is 3. The van der Waals surface area contributed by atoms with E-state index in [4.69, 9.17) is 16.0 Å². The predicted molar refractivity (Wildman–Crippen MR) is 56.1 cm³/mol. The molecule has 0 aliphatic rings. The number of hydrogen-bond donors (Lipinski definition) is 3. The summed E-state index contributed by atoms with van der Waals surface area (Å²) < 4.78 is 44.3. The molecule has 6 N–H and O–H groups in total. The van der Waals surface area contributed by atoms with Gasteiger partial charge in [-0.25, -0.2) is 32.1 Å². The summed E-state index contributed by atoms with van der Waals surface area (Å²) in [5.41, 5.74) is 5.32. The van der Waals surface area contributed by atoms with Crippen molar-refractivity contribution >= 4 is 25.9 Å². The molecular formula is C6H10N4O4S2. The lowest BCUT2D eigenvalue weighted by atomic mass is 10.4. The minimum absolute atomic E-state index is 0.00685. The van der Waals surface area contributed by atoms with Crippen LogP contribution in [0, 0.1) is 6.92 Å². The summed E-state index contributed by atoms with van der Waals surface area (Å²) in [7, 11) is -8.21. The molecule has 0 aromatic carbocycles. The Morgan fingerprint density at radius 3 is 1.88 bits per heavy atom. The fourth-order valence-corrected chi connectivity index (χ4v) is 2.54.